The molecule has 5 heteroatoms. The topological polar surface area (TPSA) is 98.6 Å². The lowest BCUT2D eigenvalue weighted by molar-refractivity contribution is -0.119. The van der Waals surface area contributed by atoms with Crippen LogP contribution in [0.4, 0.5) is 5.69 Å². The minimum atomic E-state index is -0.595. The fourth-order valence-electron chi connectivity index (χ4n) is 0.807. The predicted molar refractivity (Wildman–Crippen MR) is 47.2 cm³/mol. The molecular weight excluding hydrogens is 172 g/mol. The molecule has 1 amide bonds. The molecule has 13 heavy (non-hydrogen) atoms. The molecule has 0 saturated heterocycles. The van der Waals surface area contributed by atoms with Gasteiger partial charge in [0.2, 0.25) is 0 Å². The second-order valence-corrected chi connectivity index (χ2v) is 2.44. The summed E-state index contributed by atoms with van der Waals surface area (Å²) >= 11 is 0. The van der Waals surface area contributed by atoms with Gasteiger partial charge in [0.25, 0.3) is 5.91 Å². The van der Waals surface area contributed by atoms with E-state index in [0.717, 1.165) is 0 Å². The molecule has 70 valence electrons. The Morgan fingerprint density at radius 1 is 1.54 bits per heavy atom. The molecule has 0 aliphatic heterocycles. The van der Waals surface area contributed by atoms with Crippen LogP contribution in [0.25, 0.3) is 0 Å². The number of para-hydroxylation sites is 1. The number of carbonyl (C=O) groups excluding carboxylic acids is 1. The zero-order valence-corrected chi connectivity index (χ0v) is 6.86. The molecule has 1 aromatic carbocycles. The van der Waals surface area contributed by atoms with E-state index in [-0.39, 0.29) is 23.8 Å². The van der Waals surface area contributed by atoms with Gasteiger partial charge in [-0.15, -0.1) is 0 Å². The van der Waals surface area contributed by atoms with Gasteiger partial charge in [0.15, 0.2) is 6.61 Å². The molecule has 0 heterocycles. The molecule has 0 aliphatic rings. The van der Waals surface area contributed by atoms with E-state index >= 15 is 0 Å². The lowest BCUT2D eigenvalue weighted by Gasteiger charge is -2.07. The second kappa shape index (κ2) is 3.66. The molecule has 0 spiro atoms. The number of primary amides is 1. The SMILES string of the molecule is NC(=O)COc1cccc(O)c1N. The number of phenols is 1. The van der Waals surface area contributed by atoms with Crippen LogP contribution in [0, 0.1) is 0 Å². The fraction of sp³-hybridized carbons (Fsp3) is 0.125. The molecular formula is C8H10N2O3. The lowest BCUT2D eigenvalue weighted by Crippen LogP contribution is -2.20. The molecule has 0 unspecified atom stereocenters. The summed E-state index contributed by atoms with van der Waals surface area (Å²) in [6.45, 7) is -0.256. The van der Waals surface area contributed by atoms with E-state index in [1.807, 2.05) is 0 Å². The van der Waals surface area contributed by atoms with Gasteiger partial charge >= 0.3 is 0 Å². The Balaban J connectivity index is 2.77. The number of anilines is 1. The molecule has 1 rings (SSSR count). The molecule has 5 N–H and O–H groups in total. The molecule has 0 saturated carbocycles. The maximum absolute atomic E-state index is 10.4. The number of aromatic hydroxyl groups is 1. The Morgan fingerprint density at radius 2 is 2.23 bits per heavy atom. The minimum Gasteiger partial charge on any atom is -0.506 e. The number of hydrogen-bond acceptors (Lipinski definition) is 4. The first-order valence-electron chi connectivity index (χ1n) is 3.60. The Morgan fingerprint density at radius 3 is 2.85 bits per heavy atom. The molecule has 0 fully saturated rings. The number of nitrogens with two attached hydrogens (primary N) is 2. The van der Waals surface area contributed by atoms with Crippen LogP contribution in [-0.4, -0.2) is 17.6 Å². The number of rotatable bonds is 3. The molecule has 0 bridgehead atoms. The fourth-order valence-corrected chi connectivity index (χ4v) is 0.807. The van der Waals surface area contributed by atoms with Gasteiger partial charge in [-0.2, -0.15) is 0 Å². The Kier molecular flexibility index (Phi) is 2.59. The molecule has 0 aliphatic carbocycles. The summed E-state index contributed by atoms with van der Waals surface area (Å²) in [5.74, 6) is -0.427. The number of carbonyl (C=O) groups is 1. The minimum absolute atomic E-state index is 0.0815. The van der Waals surface area contributed by atoms with E-state index in [0.29, 0.717) is 0 Å². The van der Waals surface area contributed by atoms with E-state index in [2.05, 4.69) is 0 Å². The van der Waals surface area contributed by atoms with Crippen LogP contribution in [0.3, 0.4) is 0 Å². The van der Waals surface area contributed by atoms with Crippen LogP contribution >= 0.6 is 0 Å². The highest BCUT2D eigenvalue weighted by molar-refractivity contribution is 5.75. The van der Waals surface area contributed by atoms with Crippen LogP contribution in [0.15, 0.2) is 18.2 Å². The summed E-state index contributed by atoms with van der Waals surface area (Å²) in [7, 11) is 0. The third-order valence-corrected chi connectivity index (χ3v) is 1.41. The zero-order chi connectivity index (χ0) is 9.84. The maximum atomic E-state index is 10.4. The molecule has 5 nitrogen and oxygen atoms in total. The lowest BCUT2D eigenvalue weighted by atomic mass is 10.3. The molecule has 0 atom stereocenters. The highest BCUT2D eigenvalue weighted by Gasteiger charge is 2.05. The maximum Gasteiger partial charge on any atom is 0.255 e. The predicted octanol–water partition coefficient (Wildman–Crippen LogP) is -0.162. The van der Waals surface area contributed by atoms with Gasteiger partial charge in [0.1, 0.15) is 17.2 Å². The number of nitrogen functional groups attached to an aromatic ring is 1. The van der Waals surface area contributed by atoms with Gasteiger partial charge < -0.3 is 21.3 Å². The van der Waals surface area contributed by atoms with E-state index in [1.165, 1.54) is 12.1 Å². The van der Waals surface area contributed by atoms with Crippen LogP contribution < -0.4 is 16.2 Å². The summed E-state index contributed by atoms with van der Waals surface area (Å²) in [6, 6.07) is 4.52. The van der Waals surface area contributed by atoms with Crippen molar-refractivity contribution in [3.63, 3.8) is 0 Å². The third kappa shape index (κ3) is 2.26. The van der Waals surface area contributed by atoms with E-state index in [4.69, 9.17) is 21.3 Å². The smallest absolute Gasteiger partial charge is 0.255 e. The van der Waals surface area contributed by atoms with Crippen molar-refractivity contribution in [2.45, 2.75) is 0 Å². The second-order valence-electron chi connectivity index (χ2n) is 2.44. The number of amides is 1. The van der Waals surface area contributed by atoms with Crippen molar-refractivity contribution in [2.24, 2.45) is 5.73 Å². The number of hydrogen-bond donors (Lipinski definition) is 3. The summed E-state index contributed by atoms with van der Waals surface area (Å²) in [4.78, 5) is 10.4. The van der Waals surface area contributed by atoms with Gasteiger partial charge in [-0.25, -0.2) is 0 Å². The average Bonchev–Trinajstić information content (AvgIpc) is 2.07. The van der Waals surface area contributed by atoms with Crippen LogP contribution in [0.2, 0.25) is 0 Å². The largest absolute Gasteiger partial charge is 0.506 e. The summed E-state index contributed by atoms with van der Waals surface area (Å²) in [5, 5.41) is 9.14. The summed E-state index contributed by atoms with van der Waals surface area (Å²) in [5.41, 5.74) is 10.4. The van der Waals surface area contributed by atoms with Crippen LogP contribution in [0.1, 0.15) is 0 Å². The van der Waals surface area contributed by atoms with Gasteiger partial charge in [0.05, 0.1) is 0 Å². The molecule has 1 aromatic rings. The standard InChI is InChI=1S/C8H10N2O3/c9-7(12)4-13-6-3-1-2-5(11)8(6)10/h1-3,11H,4,10H2,(H2,9,12). The highest BCUT2D eigenvalue weighted by atomic mass is 16.5. The van der Waals surface area contributed by atoms with Gasteiger partial charge in [-0.05, 0) is 12.1 Å². The third-order valence-electron chi connectivity index (χ3n) is 1.41. The van der Waals surface area contributed by atoms with E-state index in [9.17, 15) is 4.79 Å². The average molecular weight is 182 g/mol. The van der Waals surface area contributed by atoms with Gasteiger partial charge in [-0.3, -0.25) is 4.79 Å². The normalized spacial score (nSPS) is 9.54. The van der Waals surface area contributed by atoms with E-state index in [1.54, 1.807) is 6.07 Å². The number of phenolic OH excluding ortho intramolecular Hbond substituents is 1. The van der Waals surface area contributed by atoms with Crippen molar-refractivity contribution in [2.75, 3.05) is 12.3 Å². The van der Waals surface area contributed by atoms with Crippen molar-refractivity contribution < 1.29 is 14.6 Å². The van der Waals surface area contributed by atoms with Crippen molar-refractivity contribution in [3.05, 3.63) is 18.2 Å². The monoisotopic (exact) mass is 182 g/mol. The first-order chi connectivity index (χ1) is 6.11. The van der Waals surface area contributed by atoms with Crippen LogP contribution in [-0.2, 0) is 4.79 Å². The highest BCUT2D eigenvalue weighted by Crippen LogP contribution is 2.29. The molecule has 0 aromatic heterocycles. The van der Waals surface area contributed by atoms with Crippen molar-refractivity contribution in [1.29, 1.82) is 0 Å². The summed E-state index contributed by atoms with van der Waals surface area (Å²) in [6.07, 6.45) is 0. The van der Waals surface area contributed by atoms with Gasteiger partial charge in [0, 0.05) is 0 Å². The van der Waals surface area contributed by atoms with Crippen LogP contribution in [0.5, 0.6) is 11.5 Å². The van der Waals surface area contributed by atoms with Crippen molar-refractivity contribution >= 4 is 11.6 Å². The Hall–Kier alpha value is -1.91. The number of benzene rings is 1. The van der Waals surface area contributed by atoms with Crippen molar-refractivity contribution in [3.8, 4) is 11.5 Å². The first-order valence-corrected chi connectivity index (χ1v) is 3.60. The quantitative estimate of drug-likeness (QED) is 0.446. The van der Waals surface area contributed by atoms with E-state index < -0.39 is 5.91 Å². The van der Waals surface area contributed by atoms with Gasteiger partial charge in [-0.1, -0.05) is 6.07 Å². The Labute approximate surface area is 74.9 Å². The number of ether oxygens (including phenoxy) is 1. The first kappa shape index (κ1) is 9.18. The molecule has 0 radical (unpaired) electrons. The van der Waals surface area contributed by atoms with Crippen molar-refractivity contribution in [1.82, 2.24) is 0 Å². The zero-order valence-electron chi connectivity index (χ0n) is 6.86. The summed E-state index contributed by atoms with van der Waals surface area (Å²) < 4.78 is 4.92. The Bertz CT molecular complexity index is 325.